The van der Waals surface area contributed by atoms with Crippen molar-refractivity contribution in [1.82, 2.24) is 9.97 Å². The second-order valence-electron chi connectivity index (χ2n) is 3.41. The number of rotatable bonds is 5. The van der Waals surface area contributed by atoms with E-state index < -0.39 is 0 Å². The van der Waals surface area contributed by atoms with Crippen LogP contribution in [0, 0.1) is 0 Å². The van der Waals surface area contributed by atoms with Crippen LogP contribution in [0.25, 0.3) is 0 Å². The Hall–Kier alpha value is -1.12. The fraction of sp³-hybridized carbons (Fsp3) is 0.636. The lowest BCUT2D eigenvalue weighted by Crippen LogP contribution is -2.18. The van der Waals surface area contributed by atoms with E-state index in [4.69, 9.17) is 0 Å². The maximum absolute atomic E-state index is 4.45. The molecule has 0 bridgehead atoms. The van der Waals surface area contributed by atoms with Crippen LogP contribution in [-0.2, 0) is 6.42 Å². The van der Waals surface area contributed by atoms with Gasteiger partial charge in [0.05, 0.1) is 11.9 Å². The normalized spacial score (nSPS) is 10.6. The molecule has 1 heterocycles. The summed E-state index contributed by atoms with van der Waals surface area (Å²) in [6.45, 7) is 6.45. The van der Waals surface area contributed by atoms with E-state index in [1.165, 1.54) is 0 Å². The van der Waals surface area contributed by atoms with Crippen molar-refractivity contribution in [1.29, 1.82) is 0 Å². The third kappa shape index (κ3) is 2.98. The van der Waals surface area contributed by atoms with E-state index in [1.807, 2.05) is 6.20 Å². The third-order valence-electron chi connectivity index (χ3n) is 2.38. The summed E-state index contributed by atoms with van der Waals surface area (Å²) in [5.41, 5.74) is 1.04. The molecular weight excluding hydrogens is 174 g/mol. The summed E-state index contributed by atoms with van der Waals surface area (Å²) in [6, 6.07) is 0.511. The van der Waals surface area contributed by atoms with Crippen LogP contribution in [0.15, 0.2) is 12.4 Å². The van der Waals surface area contributed by atoms with Crippen LogP contribution in [0.3, 0.4) is 0 Å². The Kier molecular flexibility index (Phi) is 4.36. The highest BCUT2D eigenvalue weighted by molar-refractivity contribution is 5.32. The maximum Gasteiger partial charge on any atom is 0.145 e. The Labute approximate surface area is 86.0 Å². The molecule has 0 aliphatic carbocycles. The molecule has 1 N–H and O–H groups in total. The first-order chi connectivity index (χ1) is 6.80. The van der Waals surface area contributed by atoms with Gasteiger partial charge >= 0.3 is 0 Å². The van der Waals surface area contributed by atoms with Crippen LogP contribution < -0.4 is 5.32 Å². The molecule has 1 rings (SSSR count). The number of hydrogen-bond acceptors (Lipinski definition) is 3. The molecule has 3 heteroatoms. The number of aryl methyl sites for hydroxylation is 1. The van der Waals surface area contributed by atoms with E-state index in [1.54, 1.807) is 6.20 Å². The predicted molar refractivity (Wildman–Crippen MR) is 59.4 cm³/mol. The van der Waals surface area contributed by atoms with Crippen LogP contribution in [0.4, 0.5) is 5.82 Å². The Morgan fingerprint density at radius 1 is 1.21 bits per heavy atom. The largest absolute Gasteiger partial charge is 0.366 e. The molecule has 1 aromatic heterocycles. The van der Waals surface area contributed by atoms with Crippen LogP contribution in [-0.4, -0.2) is 16.0 Å². The molecule has 0 fully saturated rings. The molecule has 1 aromatic rings. The molecule has 0 saturated heterocycles. The topological polar surface area (TPSA) is 37.8 Å². The molecule has 0 aliphatic rings. The minimum Gasteiger partial charge on any atom is -0.366 e. The van der Waals surface area contributed by atoms with Gasteiger partial charge in [-0.15, -0.1) is 0 Å². The lowest BCUT2D eigenvalue weighted by atomic mass is 10.2. The smallest absolute Gasteiger partial charge is 0.145 e. The van der Waals surface area contributed by atoms with Gasteiger partial charge in [-0.05, 0) is 19.3 Å². The molecule has 0 radical (unpaired) electrons. The number of nitrogens with one attached hydrogen (secondary N) is 1. The highest BCUT2D eigenvalue weighted by atomic mass is 15.0. The molecule has 14 heavy (non-hydrogen) atoms. The van der Waals surface area contributed by atoms with Crippen molar-refractivity contribution in [2.24, 2.45) is 0 Å². The van der Waals surface area contributed by atoms with Gasteiger partial charge in [-0.1, -0.05) is 20.8 Å². The first-order valence-corrected chi connectivity index (χ1v) is 5.37. The molecule has 0 atom stereocenters. The van der Waals surface area contributed by atoms with Gasteiger partial charge in [-0.25, -0.2) is 4.98 Å². The van der Waals surface area contributed by atoms with Gasteiger partial charge in [0.1, 0.15) is 5.82 Å². The Morgan fingerprint density at radius 3 is 2.50 bits per heavy atom. The summed E-state index contributed by atoms with van der Waals surface area (Å²) < 4.78 is 0. The van der Waals surface area contributed by atoms with Crippen molar-refractivity contribution in [2.45, 2.75) is 46.1 Å². The van der Waals surface area contributed by atoms with Gasteiger partial charge in [0.2, 0.25) is 0 Å². The Balaban J connectivity index is 2.65. The second-order valence-corrected chi connectivity index (χ2v) is 3.41. The van der Waals surface area contributed by atoms with Crippen LogP contribution >= 0.6 is 0 Å². The summed E-state index contributed by atoms with van der Waals surface area (Å²) >= 11 is 0. The van der Waals surface area contributed by atoms with Gasteiger partial charge in [0, 0.05) is 12.2 Å². The van der Waals surface area contributed by atoms with E-state index in [0.29, 0.717) is 6.04 Å². The van der Waals surface area contributed by atoms with E-state index in [-0.39, 0.29) is 0 Å². The van der Waals surface area contributed by atoms with Gasteiger partial charge in [-0.2, -0.15) is 0 Å². The summed E-state index contributed by atoms with van der Waals surface area (Å²) in [5.74, 6) is 0.901. The summed E-state index contributed by atoms with van der Waals surface area (Å²) in [6.07, 6.45) is 6.78. The van der Waals surface area contributed by atoms with Gasteiger partial charge < -0.3 is 5.32 Å². The zero-order valence-corrected chi connectivity index (χ0v) is 9.25. The molecule has 78 valence electrons. The van der Waals surface area contributed by atoms with Crippen LogP contribution in [0.2, 0.25) is 0 Å². The van der Waals surface area contributed by atoms with Crippen molar-refractivity contribution in [3.8, 4) is 0 Å². The average Bonchev–Trinajstić information content (AvgIpc) is 2.26. The lowest BCUT2D eigenvalue weighted by molar-refractivity contribution is 0.667. The zero-order chi connectivity index (χ0) is 10.4. The summed E-state index contributed by atoms with van der Waals surface area (Å²) in [4.78, 5) is 8.61. The quantitative estimate of drug-likeness (QED) is 0.781. The first kappa shape index (κ1) is 11.0. The van der Waals surface area contributed by atoms with Crippen molar-refractivity contribution < 1.29 is 0 Å². The molecule has 0 saturated carbocycles. The molecule has 0 aliphatic heterocycles. The average molecular weight is 193 g/mol. The molecule has 3 nitrogen and oxygen atoms in total. The zero-order valence-electron chi connectivity index (χ0n) is 9.25. The lowest BCUT2D eigenvalue weighted by Gasteiger charge is -2.15. The SMILES string of the molecule is CCc1cncc(NC(CC)CC)n1. The van der Waals surface area contributed by atoms with E-state index in [2.05, 4.69) is 36.1 Å². The summed E-state index contributed by atoms with van der Waals surface area (Å²) in [5, 5.41) is 3.38. The summed E-state index contributed by atoms with van der Waals surface area (Å²) in [7, 11) is 0. The van der Waals surface area contributed by atoms with E-state index >= 15 is 0 Å². The monoisotopic (exact) mass is 193 g/mol. The fourth-order valence-electron chi connectivity index (χ4n) is 1.35. The van der Waals surface area contributed by atoms with Gasteiger partial charge in [0.15, 0.2) is 0 Å². The Morgan fingerprint density at radius 2 is 1.93 bits per heavy atom. The number of nitrogens with zero attached hydrogens (tertiary/aromatic N) is 2. The number of aromatic nitrogens is 2. The third-order valence-corrected chi connectivity index (χ3v) is 2.38. The molecule has 0 unspecified atom stereocenters. The van der Waals surface area contributed by atoms with Gasteiger partial charge in [-0.3, -0.25) is 4.98 Å². The van der Waals surface area contributed by atoms with Crippen molar-refractivity contribution in [3.63, 3.8) is 0 Å². The maximum atomic E-state index is 4.45. The minimum absolute atomic E-state index is 0.511. The fourth-order valence-corrected chi connectivity index (χ4v) is 1.35. The number of hydrogen-bond donors (Lipinski definition) is 1. The van der Waals surface area contributed by atoms with Gasteiger partial charge in [0.25, 0.3) is 0 Å². The van der Waals surface area contributed by atoms with Crippen molar-refractivity contribution in [2.75, 3.05) is 5.32 Å². The van der Waals surface area contributed by atoms with Crippen molar-refractivity contribution >= 4 is 5.82 Å². The van der Waals surface area contributed by atoms with Crippen molar-refractivity contribution in [3.05, 3.63) is 18.1 Å². The molecule has 0 aromatic carbocycles. The predicted octanol–water partition coefficient (Wildman–Crippen LogP) is 2.64. The molecule has 0 amide bonds. The van der Waals surface area contributed by atoms with E-state index in [9.17, 15) is 0 Å². The highest BCUT2D eigenvalue weighted by Gasteiger charge is 2.04. The standard InChI is InChI=1S/C11H19N3/c1-4-9(5-2)13-11-8-12-7-10(6-3)14-11/h7-9H,4-6H2,1-3H3,(H,13,14). The van der Waals surface area contributed by atoms with Crippen LogP contribution in [0.1, 0.15) is 39.3 Å². The minimum atomic E-state index is 0.511. The number of anilines is 1. The molecule has 0 spiro atoms. The molecular formula is C11H19N3. The Bertz CT molecular complexity index is 269. The highest BCUT2D eigenvalue weighted by Crippen LogP contribution is 2.08. The van der Waals surface area contributed by atoms with Crippen LogP contribution in [0.5, 0.6) is 0 Å². The van der Waals surface area contributed by atoms with E-state index in [0.717, 1.165) is 30.8 Å². The first-order valence-electron chi connectivity index (χ1n) is 5.37. The second kappa shape index (κ2) is 5.58.